The van der Waals surface area contributed by atoms with Crippen molar-refractivity contribution in [2.75, 3.05) is 44.9 Å². The molecule has 144 valence electrons. The third-order valence-electron chi connectivity index (χ3n) is 4.66. The molecule has 2 aromatic rings. The van der Waals surface area contributed by atoms with Crippen molar-refractivity contribution in [2.24, 2.45) is 0 Å². The molecule has 1 amide bonds. The molecule has 0 aliphatic carbocycles. The third kappa shape index (κ3) is 5.15. The number of hydrogen-bond donors (Lipinski definition) is 0. The molecule has 1 saturated heterocycles. The van der Waals surface area contributed by atoms with E-state index in [4.69, 9.17) is 21.1 Å². The maximum Gasteiger partial charge on any atom is 0.260 e. The van der Waals surface area contributed by atoms with Crippen molar-refractivity contribution in [1.82, 2.24) is 4.90 Å². The molecular weight excluding hydrogens is 364 g/mol. The fourth-order valence-electron chi connectivity index (χ4n) is 3.13. The van der Waals surface area contributed by atoms with Gasteiger partial charge in [0.15, 0.2) is 6.61 Å². The highest BCUT2D eigenvalue weighted by Gasteiger charge is 2.17. The monoisotopic (exact) mass is 388 g/mol. The van der Waals surface area contributed by atoms with Gasteiger partial charge in [0.05, 0.1) is 13.2 Å². The average Bonchev–Trinajstić information content (AvgIpc) is 2.68. The van der Waals surface area contributed by atoms with E-state index < -0.39 is 0 Å². The number of carbonyl (C=O) groups is 1. The highest BCUT2D eigenvalue weighted by Crippen LogP contribution is 2.24. The Labute approximate surface area is 165 Å². The first-order chi connectivity index (χ1) is 13.0. The Morgan fingerprint density at radius 3 is 2.70 bits per heavy atom. The minimum absolute atomic E-state index is 0.00130. The van der Waals surface area contributed by atoms with Gasteiger partial charge in [0.25, 0.3) is 5.91 Å². The molecule has 0 saturated carbocycles. The van der Waals surface area contributed by atoms with Crippen molar-refractivity contribution in [1.29, 1.82) is 0 Å². The van der Waals surface area contributed by atoms with Crippen molar-refractivity contribution in [3.8, 4) is 5.75 Å². The van der Waals surface area contributed by atoms with Crippen molar-refractivity contribution >= 4 is 23.2 Å². The Morgan fingerprint density at radius 2 is 1.96 bits per heavy atom. The van der Waals surface area contributed by atoms with Gasteiger partial charge in [0.2, 0.25) is 0 Å². The molecule has 6 heteroatoms. The molecule has 3 rings (SSSR count). The molecule has 27 heavy (non-hydrogen) atoms. The zero-order chi connectivity index (χ0) is 19.2. The number of amides is 1. The molecule has 0 N–H and O–H groups in total. The van der Waals surface area contributed by atoms with Crippen molar-refractivity contribution < 1.29 is 14.3 Å². The molecule has 1 fully saturated rings. The van der Waals surface area contributed by atoms with E-state index in [1.54, 1.807) is 24.1 Å². The Morgan fingerprint density at radius 1 is 1.22 bits per heavy atom. The van der Waals surface area contributed by atoms with Crippen LogP contribution in [0.2, 0.25) is 5.02 Å². The average molecular weight is 389 g/mol. The van der Waals surface area contributed by atoms with Crippen LogP contribution in [0.5, 0.6) is 5.75 Å². The highest BCUT2D eigenvalue weighted by molar-refractivity contribution is 6.30. The maximum atomic E-state index is 12.5. The van der Waals surface area contributed by atoms with Crippen molar-refractivity contribution in [3.05, 3.63) is 58.6 Å². The normalized spacial score (nSPS) is 14.1. The highest BCUT2D eigenvalue weighted by atomic mass is 35.5. The lowest BCUT2D eigenvalue weighted by atomic mass is 10.1. The smallest absolute Gasteiger partial charge is 0.260 e. The molecule has 1 aliphatic rings. The number of likely N-dealkylation sites (N-methyl/N-ethyl adjacent to an activating group) is 1. The minimum Gasteiger partial charge on any atom is -0.483 e. The standard InChI is InChI=1S/C21H25ClN2O3/c1-16-13-18(22)7-8-20(16)27-15-21(25)23(2)14-17-5-3-4-6-19(17)24-9-11-26-12-10-24/h3-8,13H,9-12,14-15H2,1-2H3. The molecule has 0 spiro atoms. The van der Waals surface area contributed by atoms with Crippen LogP contribution in [0.15, 0.2) is 42.5 Å². The van der Waals surface area contributed by atoms with Gasteiger partial charge in [-0.05, 0) is 42.3 Å². The van der Waals surface area contributed by atoms with E-state index in [-0.39, 0.29) is 12.5 Å². The number of nitrogens with zero attached hydrogens (tertiary/aromatic N) is 2. The predicted octanol–water partition coefficient (Wildman–Crippen LogP) is 3.52. The zero-order valence-electron chi connectivity index (χ0n) is 15.8. The molecule has 0 radical (unpaired) electrons. The molecular formula is C21H25ClN2O3. The van der Waals surface area contributed by atoms with E-state index in [0.717, 1.165) is 43.1 Å². The Hall–Kier alpha value is -2.24. The van der Waals surface area contributed by atoms with Gasteiger partial charge in [-0.3, -0.25) is 4.79 Å². The second-order valence-corrected chi connectivity index (χ2v) is 7.11. The molecule has 0 aromatic heterocycles. The molecule has 2 aromatic carbocycles. The first-order valence-corrected chi connectivity index (χ1v) is 9.46. The number of benzene rings is 2. The summed E-state index contributed by atoms with van der Waals surface area (Å²) in [4.78, 5) is 16.5. The van der Waals surface area contributed by atoms with Crippen LogP contribution in [-0.2, 0) is 16.1 Å². The number of hydrogen-bond acceptors (Lipinski definition) is 4. The third-order valence-corrected chi connectivity index (χ3v) is 4.90. The van der Waals surface area contributed by atoms with Crippen LogP contribution < -0.4 is 9.64 Å². The zero-order valence-corrected chi connectivity index (χ0v) is 16.5. The van der Waals surface area contributed by atoms with Crippen LogP contribution >= 0.6 is 11.6 Å². The molecule has 1 heterocycles. The van der Waals surface area contributed by atoms with Gasteiger partial charge in [-0.15, -0.1) is 0 Å². The molecule has 0 atom stereocenters. The van der Waals surface area contributed by atoms with Crippen LogP contribution in [0.4, 0.5) is 5.69 Å². The van der Waals surface area contributed by atoms with E-state index in [0.29, 0.717) is 17.3 Å². The van der Waals surface area contributed by atoms with Gasteiger partial charge in [-0.1, -0.05) is 29.8 Å². The van der Waals surface area contributed by atoms with Gasteiger partial charge in [-0.25, -0.2) is 0 Å². The van der Waals surface area contributed by atoms with Crippen LogP contribution in [0.1, 0.15) is 11.1 Å². The van der Waals surface area contributed by atoms with E-state index in [9.17, 15) is 4.79 Å². The summed E-state index contributed by atoms with van der Waals surface area (Å²) in [5.74, 6) is 0.607. The second kappa shape index (κ2) is 9.11. The fourth-order valence-corrected chi connectivity index (χ4v) is 3.35. The van der Waals surface area contributed by atoms with E-state index in [2.05, 4.69) is 17.0 Å². The molecule has 5 nitrogen and oxygen atoms in total. The number of halogens is 1. The van der Waals surface area contributed by atoms with E-state index in [1.807, 2.05) is 25.1 Å². The summed E-state index contributed by atoms with van der Waals surface area (Å²) < 4.78 is 11.1. The molecule has 0 bridgehead atoms. The SMILES string of the molecule is Cc1cc(Cl)ccc1OCC(=O)N(C)Cc1ccccc1N1CCOCC1. The molecule has 0 unspecified atom stereocenters. The summed E-state index contributed by atoms with van der Waals surface area (Å²) in [5, 5.41) is 0.656. The van der Waals surface area contributed by atoms with Gasteiger partial charge < -0.3 is 19.3 Å². The summed E-state index contributed by atoms with van der Waals surface area (Å²) in [6.45, 7) is 5.65. The lowest BCUT2D eigenvalue weighted by Gasteiger charge is -2.31. The maximum absolute atomic E-state index is 12.5. The summed E-state index contributed by atoms with van der Waals surface area (Å²) in [5.41, 5.74) is 3.20. The first kappa shape index (κ1) is 19.5. The topological polar surface area (TPSA) is 42.0 Å². The predicted molar refractivity (Wildman–Crippen MR) is 108 cm³/mol. The van der Waals surface area contributed by atoms with Crippen LogP contribution in [0, 0.1) is 6.92 Å². The van der Waals surface area contributed by atoms with Crippen LogP contribution in [0.3, 0.4) is 0 Å². The van der Waals surface area contributed by atoms with Crippen LogP contribution in [-0.4, -0.2) is 50.8 Å². The van der Waals surface area contributed by atoms with E-state index >= 15 is 0 Å². The fraction of sp³-hybridized carbons (Fsp3) is 0.381. The quantitative estimate of drug-likeness (QED) is 0.759. The number of aryl methyl sites for hydroxylation is 1. The van der Waals surface area contributed by atoms with Gasteiger partial charge in [0.1, 0.15) is 5.75 Å². The summed E-state index contributed by atoms with van der Waals surface area (Å²) in [7, 11) is 1.80. The van der Waals surface area contributed by atoms with Gasteiger partial charge in [-0.2, -0.15) is 0 Å². The lowest BCUT2D eigenvalue weighted by Crippen LogP contribution is -2.37. The number of para-hydroxylation sites is 1. The Kier molecular flexibility index (Phi) is 6.58. The number of anilines is 1. The Balaban J connectivity index is 1.61. The summed E-state index contributed by atoms with van der Waals surface area (Å²) >= 11 is 5.96. The summed E-state index contributed by atoms with van der Waals surface area (Å²) in [6, 6.07) is 13.6. The van der Waals surface area contributed by atoms with Gasteiger partial charge >= 0.3 is 0 Å². The largest absolute Gasteiger partial charge is 0.483 e. The first-order valence-electron chi connectivity index (χ1n) is 9.08. The molecule has 1 aliphatic heterocycles. The minimum atomic E-state index is -0.0684. The van der Waals surface area contributed by atoms with Crippen LogP contribution in [0.25, 0.3) is 0 Å². The van der Waals surface area contributed by atoms with Gasteiger partial charge in [0, 0.05) is 37.4 Å². The second-order valence-electron chi connectivity index (χ2n) is 6.68. The van der Waals surface area contributed by atoms with Crippen molar-refractivity contribution in [2.45, 2.75) is 13.5 Å². The number of morpholine rings is 1. The number of ether oxygens (including phenoxy) is 2. The summed E-state index contributed by atoms with van der Waals surface area (Å²) in [6.07, 6.45) is 0. The lowest BCUT2D eigenvalue weighted by molar-refractivity contribution is -0.132. The Bertz CT molecular complexity index is 791. The number of rotatable bonds is 6. The number of carbonyl (C=O) groups excluding carboxylic acids is 1. The van der Waals surface area contributed by atoms with Crippen molar-refractivity contribution in [3.63, 3.8) is 0 Å². The van der Waals surface area contributed by atoms with E-state index in [1.165, 1.54) is 0 Å².